The highest BCUT2D eigenvalue weighted by Crippen LogP contribution is 2.33. The zero-order chi connectivity index (χ0) is 20.3. The number of benzene rings is 1. The third-order valence-electron chi connectivity index (χ3n) is 6.93. The number of hydrogen-bond donors (Lipinski definition) is 0. The highest BCUT2D eigenvalue weighted by atomic mass is 16.6. The van der Waals surface area contributed by atoms with Crippen molar-refractivity contribution in [1.82, 2.24) is 9.80 Å². The van der Waals surface area contributed by atoms with Gasteiger partial charge in [0.15, 0.2) is 0 Å². The van der Waals surface area contributed by atoms with Crippen LogP contribution in [-0.2, 0) is 9.47 Å². The Hall–Kier alpha value is -1.83. The van der Waals surface area contributed by atoms with Crippen LogP contribution in [0.2, 0.25) is 0 Å². The Labute approximate surface area is 178 Å². The van der Waals surface area contributed by atoms with Crippen molar-refractivity contribution in [1.29, 1.82) is 0 Å². The molecule has 0 radical (unpaired) electrons. The van der Waals surface area contributed by atoms with Gasteiger partial charge in [-0.25, -0.2) is 4.79 Å². The number of amides is 1. The van der Waals surface area contributed by atoms with Gasteiger partial charge in [0.2, 0.25) is 0 Å². The molecule has 7 heteroatoms. The van der Waals surface area contributed by atoms with E-state index in [1.807, 2.05) is 24.3 Å². The molecule has 1 amide bonds. The lowest BCUT2D eigenvalue weighted by molar-refractivity contribution is 0.00892. The number of hydrogen-bond acceptors (Lipinski definition) is 6. The number of rotatable bonds is 6. The van der Waals surface area contributed by atoms with Crippen molar-refractivity contribution in [3.63, 3.8) is 0 Å². The molecule has 1 aromatic carbocycles. The molecule has 30 heavy (non-hydrogen) atoms. The summed E-state index contributed by atoms with van der Waals surface area (Å²) in [5.41, 5.74) is 0.878. The fraction of sp³-hybridized carbons (Fsp3) is 0.696. The van der Waals surface area contributed by atoms with Gasteiger partial charge in [-0.15, -0.1) is 0 Å². The van der Waals surface area contributed by atoms with Crippen molar-refractivity contribution in [3.05, 3.63) is 24.3 Å². The molecule has 5 rings (SSSR count). The van der Waals surface area contributed by atoms with Crippen LogP contribution in [0.25, 0.3) is 0 Å². The molecule has 164 valence electrons. The molecule has 7 nitrogen and oxygen atoms in total. The predicted octanol–water partition coefficient (Wildman–Crippen LogP) is 2.74. The number of piperidine rings is 1. The van der Waals surface area contributed by atoms with E-state index in [2.05, 4.69) is 9.80 Å². The molecular weight excluding hydrogens is 382 g/mol. The van der Waals surface area contributed by atoms with E-state index in [0.29, 0.717) is 18.8 Å². The van der Waals surface area contributed by atoms with E-state index in [4.69, 9.17) is 14.2 Å². The first kappa shape index (κ1) is 20.1. The lowest BCUT2D eigenvalue weighted by Gasteiger charge is -2.44. The molecule has 4 fully saturated rings. The van der Waals surface area contributed by atoms with Crippen molar-refractivity contribution >= 4 is 11.8 Å². The SMILES string of the molecule is O=C1OC[C@@H](CN2CCOCC2)N1c1ccc(OC2CC(N3CCCCC3)C2)cc1. The van der Waals surface area contributed by atoms with E-state index >= 15 is 0 Å². The van der Waals surface area contributed by atoms with E-state index in [1.165, 1.54) is 32.4 Å². The van der Waals surface area contributed by atoms with Crippen molar-refractivity contribution in [2.45, 2.75) is 50.3 Å². The van der Waals surface area contributed by atoms with Crippen LogP contribution in [0.5, 0.6) is 5.75 Å². The number of carbonyl (C=O) groups excluding carboxylic acids is 1. The molecule has 1 aliphatic carbocycles. The molecule has 0 bridgehead atoms. The minimum Gasteiger partial charge on any atom is -0.490 e. The Kier molecular flexibility index (Phi) is 6.11. The highest BCUT2D eigenvalue weighted by Gasteiger charge is 2.37. The molecule has 0 aromatic heterocycles. The van der Waals surface area contributed by atoms with Gasteiger partial charge in [0.25, 0.3) is 0 Å². The van der Waals surface area contributed by atoms with E-state index in [9.17, 15) is 4.79 Å². The molecular formula is C23H33N3O4. The third kappa shape index (κ3) is 4.43. The molecule has 3 heterocycles. The summed E-state index contributed by atoms with van der Waals surface area (Å²) in [6.45, 7) is 7.09. The molecule has 1 atom stereocenters. The van der Waals surface area contributed by atoms with Crippen molar-refractivity contribution in [3.8, 4) is 5.75 Å². The number of carbonyl (C=O) groups is 1. The average molecular weight is 416 g/mol. The van der Waals surface area contributed by atoms with Gasteiger partial charge in [-0.05, 0) is 50.2 Å². The maximum Gasteiger partial charge on any atom is 0.414 e. The van der Waals surface area contributed by atoms with Gasteiger partial charge >= 0.3 is 6.09 Å². The largest absolute Gasteiger partial charge is 0.490 e. The fourth-order valence-electron chi connectivity index (χ4n) is 5.09. The quantitative estimate of drug-likeness (QED) is 0.712. The van der Waals surface area contributed by atoms with Crippen LogP contribution in [0.1, 0.15) is 32.1 Å². The van der Waals surface area contributed by atoms with E-state index in [1.54, 1.807) is 4.90 Å². The van der Waals surface area contributed by atoms with Gasteiger partial charge in [0.1, 0.15) is 18.5 Å². The molecule has 1 saturated carbocycles. The summed E-state index contributed by atoms with van der Waals surface area (Å²) in [5, 5.41) is 0. The Morgan fingerprint density at radius 3 is 2.43 bits per heavy atom. The zero-order valence-corrected chi connectivity index (χ0v) is 17.7. The lowest BCUT2D eigenvalue weighted by atomic mass is 9.86. The lowest BCUT2D eigenvalue weighted by Crippen LogP contribution is -2.50. The fourth-order valence-corrected chi connectivity index (χ4v) is 5.09. The van der Waals surface area contributed by atoms with Gasteiger partial charge in [0.05, 0.1) is 19.3 Å². The number of nitrogens with zero attached hydrogens (tertiary/aromatic N) is 3. The molecule has 4 aliphatic rings. The van der Waals surface area contributed by atoms with Crippen LogP contribution in [0, 0.1) is 0 Å². The average Bonchev–Trinajstić information content (AvgIpc) is 3.12. The Balaban J connectivity index is 1.15. The summed E-state index contributed by atoms with van der Waals surface area (Å²) in [5.74, 6) is 0.887. The van der Waals surface area contributed by atoms with Crippen molar-refractivity contribution in [2.24, 2.45) is 0 Å². The number of morpholine rings is 1. The van der Waals surface area contributed by atoms with Gasteiger partial charge in [0, 0.05) is 44.2 Å². The van der Waals surface area contributed by atoms with Gasteiger partial charge in [-0.2, -0.15) is 0 Å². The molecule has 0 spiro atoms. The predicted molar refractivity (Wildman–Crippen MR) is 114 cm³/mol. The van der Waals surface area contributed by atoms with Crippen molar-refractivity contribution < 1.29 is 19.0 Å². The maximum atomic E-state index is 12.4. The molecule has 1 aromatic rings. The molecule has 0 N–H and O–H groups in total. The van der Waals surface area contributed by atoms with E-state index in [0.717, 1.165) is 57.1 Å². The van der Waals surface area contributed by atoms with Gasteiger partial charge in [-0.3, -0.25) is 9.80 Å². The smallest absolute Gasteiger partial charge is 0.414 e. The minimum absolute atomic E-state index is 0.0410. The topological polar surface area (TPSA) is 54.5 Å². The number of likely N-dealkylation sites (tertiary alicyclic amines) is 1. The van der Waals surface area contributed by atoms with Crippen LogP contribution < -0.4 is 9.64 Å². The van der Waals surface area contributed by atoms with Crippen LogP contribution in [0.4, 0.5) is 10.5 Å². The van der Waals surface area contributed by atoms with Crippen LogP contribution in [-0.4, -0.2) is 86.6 Å². The minimum atomic E-state index is -0.259. The van der Waals surface area contributed by atoms with Crippen LogP contribution in [0.15, 0.2) is 24.3 Å². The summed E-state index contributed by atoms with van der Waals surface area (Å²) in [7, 11) is 0. The molecule has 3 saturated heterocycles. The first-order chi connectivity index (χ1) is 14.8. The second-order valence-corrected chi connectivity index (χ2v) is 8.97. The molecule has 3 aliphatic heterocycles. The van der Waals surface area contributed by atoms with Crippen LogP contribution >= 0.6 is 0 Å². The second-order valence-electron chi connectivity index (χ2n) is 8.97. The Morgan fingerprint density at radius 1 is 0.967 bits per heavy atom. The monoisotopic (exact) mass is 415 g/mol. The normalized spacial score (nSPS) is 30.7. The van der Waals surface area contributed by atoms with Gasteiger partial charge < -0.3 is 19.1 Å². The zero-order valence-electron chi connectivity index (χ0n) is 17.7. The summed E-state index contributed by atoms with van der Waals surface area (Å²) in [6, 6.07) is 8.68. The van der Waals surface area contributed by atoms with Gasteiger partial charge in [-0.1, -0.05) is 6.42 Å². The van der Waals surface area contributed by atoms with Crippen molar-refractivity contribution in [2.75, 3.05) is 57.4 Å². The number of cyclic esters (lactones) is 1. The maximum absolute atomic E-state index is 12.4. The van der Waals surface area contributed by atoms with Crippen LogP contribution in [0.3, 0.4) is 0 Å². The Bertz CT molecular complexity index is 710. The van der Waals surface area contributed by atoms with E-state index in [-0.39, 0.29) is 12.1 Å². The highest BCUT2D eigenvalue weighted by molar-refractivity contribution is 5.90. The first-order valence-corrected chi connectivity index (χ1v) is 11.5. The molecule has 0 unspecified atom stereocenters. The third-order valence-corrected chi connectivity index (χ3v) is 6.93. The summed E-state index contributed by atoms with van der Waals surface area (Å²) in [6.07, 6.45) is 6.37. The Morgan fingerprint density at radius 2 is 1.70 bits per heavy atom. The standard InChI is InChI=1S/C23H33N3O4/c27-23-26(20(17-29-23)16-24-10-12-28-13-11-24)18-4-6-21(7-5-18)30-22-14-19(15-22)25-8-2-1-3-9-25/h4-7,19-20,22H,1-3,8-17H2/t19?,20-,22?/m1/s1. The number of anilines is 1. The summed E-state index contributed by atoms with van der Waals surface area (Å²) >= 11 is 0. The number of ether oxygens (including phenoxy) is 3. The van der Waals surface area contributed by atoms with E-state index < -0.39 is 0 Å². The summed E-state index contributed by atoms with van der Waals surface area (Å²) < 4.78 is 17.0. The second kappa shape index (κ2) is 9.12. The summed E-state index contributed by atoms with van der Waals surface area (Å²) in [4.78, 5) is 19.1. The first-order valence-electron chi connectivity index (χ1n) is 11.5.